The second kappa shape index (κ2) is 25.3. The Balaban J connectivity index is 1.64. The van der Waals surface area contributed by atoms with E-state index in [4.69, 9.17) is 10.2 Å². The predicted octanol–water partition coefficient (Wildman–Crippen LogP) is 0.771. The zero-order chi connectivity index (χ0) is 47.3. The van der Waals surface area contributed by atoms with Crippen molar-refractivity contribution < 1.29 is 77.9 Å². The predicted molar refractivity (Wildman–Crippen MR) is 219 cm³/mol. The summed E-state index contributed by atoms with van der Waals surface area (Å²) in [5, 5.41) is 62.3. The van der Waals surface area contributed by atoms with Gasteiger partial charge in [-0.3, -0.25) is 28.8 Å². The van der Waals surface area contributed by atoms with E-state index in [1.54, 1.807) is 6.07 Å². The first-order chi connectivity index (χ1) is 30.3. The van der Waals surface area contributed by atoms with Crippen LogP contribution in [-0.2, 0) is 44.8 Å². The third kappa shape index (κ3) is 17.7. The number of unbranched alkanes of at least 4 members (excludes halogenated alkanes) is 1. The highest BCUT2D eigenvalue weighted by molar-refractivity contribution is 5.98. The normalized spacial score (nSPS) is 13.1. The molecule has 64 heavy (non-hydrogen) atoms. The molecule has 0 aliphatic heterocycles. The monoisotopic (exact) mass is 896 g/mol. The Labute approximate surface area is 363 Å². The number of fused-ring (bicyclic) bond motifs is 1. The van der Waals surface area contributed by atoms with E-state index < -0.39 is 134 Å². The van der Waals surface area contributed by atoms with Crippen LogP contribution in [0, 0.1) is 5.95 Å². The summed E-state index contributed by atoms with van der Waals surface area (Å²) in [5.41, 5.74) is 0.391. The number of hydrogen-bond donors (Lipinski definition) is 11. The number of urea groups is 1. The van der Waals surface area contributed by atoms with Crippen LogP contribution < -0.4 is 31.9 Å². The smallest absolute Gasteiger partial charge is 0.326 e. The number of carbonyl (C=O) groups excluding carboxylic acids is 5. The Morgan fingerprint density at radius 1 is 0.562 bits per heavy atom. The molecule has 0 bridgehead atoms. The van der Waals surface area contributed by atoms with Gasteiger partial charge in [0, 0.05) is 50.1 Å². The highest BCUT2D eigenvalue weighted by Gasteiger charge is 2.30. The molecule has 6 amide bonds. The number of nitrogens with one attached hydrogen (secondary N) is 6. The summed E-state index contributed by atoms with van der Waals surface area (Å²) in [6.07, 6.45) is -2.03. The minimum Gasteiger partial charge on any atom is -0.481 e. The molecule has 0 saturated heterocycles. The first-order valence-corrected chi connectivity index (χ1v) is 19.8. The fourth-order valence-corrected chi connectivity index (χ4v) is 6.15. The minimum atomic E-state index is -1.72. The molecule has 3 rings (SSSR count). The number of halogens is 1. The van der Waals surface area contributed by atoms with Gasteiger partial charge in [-0.15, -0.1) is 0 Å². The van der Waals surface area contributed by atoms with Crippen molar-refractivity contribution in [1.29, 1.82) is 0 Å². The van der Waals surface area contributed by atoms with Crippen LogP contribution in [0.25, 0.3) is 10.8 Å². The highest BCUT2D eigenvalue weighted by atomic mass is 18.2. The summed E-state index contributed by atoms with van der Waals surface area (Å²) >= 11 is 0. The lowest BCUT2D eigenvalue weighted by Crippen LogP contribution is -2.52. The molecule has 5 atom stereocenters. The third-order valence-corrected chi connectivity index (χ3v) is 9.51. The van der Waals surface area contributed by atoms with Crippen molar-refractivity contribution in [2.75, 3.05) is 6.54 Å². The molecule has 1 aromatic heterocycles. The lowest BCUT2D eigenvalue weighted by atomic mass is 10.0. The first-order valence-electron chi connectivity index (χ1n) is 19.8. The summed E-state index contributed by atoms with van der Waals surface area (Å²) in [4.78, 5) is 126. The summed E-state index contributed by atoms with van der Waals surface area (Å²) < 4.78 is 13.6. The molecule has 23 heteroatoms. The lowest BCUT2D eigenvalue weighted by Gasteiger charge is -2.22. The van der Waals surface area contributed by atoms with Gasteiger partial charge in [0.15, 0.2) is 0 Å². The molecular formula is C41H48FN7O15. The number of amides is 6. The van der Waals surface area contributed by atoms with Gasteiger partial charge >= 0.3 is 35.9 Å². The molecule has 1 unspecified atom stereocenters. The van der Waals surface area contributed by atoms with E-state index >= 15 is 0 Å². The topological polar surface area (TPSA) is 357 Å². The standard InChI is InChI=1S/C41H48FN7O15/c42-31-21-25(16-18-43-31)35(55)46-26(11-14-33(51)52)37(57)47-28(39(60)61)10-13-32(50)45-30(20-22-8-9-23-5-1-2-6-24(23)19-22)36(56)44-17-4-3-7-27(38(58)59)48-41(64)49-29(40(62)63)12-15-34(53)54/h1-2,5-6,8-9,16,18-19,21,26-30H,3-4,7,10-15,17,20H2,(H,44,56)(H,45,50)(H,46,55)(H,47,57)(H,51,52)(H,53,54)(H,58,59)(H,60,61)(H,62,63)(H2,48,49,64)/t26?,27-,28+,29-,30+/m0/s1/i42-1. The number of carboxylic acid groups (broad SMARTS) is 5. The molecule has 1 heterocycles. The maximum atomic E-state index is 13.6. The number of hydrogen-bond acceptors (Lipinski definition) is 11. The van der Waals surface area contributed by atoms with Gasteiger partial charge in [-0.25, -0.2) is 24.2 Å². The Morgan fingerprint density at radius 3 is 1.75 bits per heavy atom. The molecule has 344 valence electrons. The molecule has 0 spiro atoms. The molecule has 2 aromatic carbocycles. The molecule has 11 N–H and O–H groups in total. The number of benzene rings is 2. The van der Waals surface area contributed by atoms with E-state index in [0.29, 0.717) is 5.56 Å². The first kappa shape index (κ1) is 50.6. The zero-order valence-electron chi connectivity index (χ0n) is 34.1. The van der Waals surface area contributed by atoms with E-state index in [2.05, 4.69) is 31.6 Å². The molecule has 0 fully saturated rings. The summed E-state index contributed by atoms with van der Waals surface area (Å²) in [6.45, 7) is -0.0272. The SMILES string of the molecule is O=C(O)CCC(NC(=O)c1ccnc([18F])c1)C(=O)N[C@H](CCC(=O)N[C@H](Cc1ccc2ccccc2c1)C(=O)NCCCC[C@H](NC(=O)N[C@@H](CCC(=O)O)C(=O)O)C(=O)O)C(=O)O. The van der Waals surface area contributed by atoms with Crippen molar-refractivity contribution in [3.63, 3.8) is 0 Å². The van der Waals surface area contributed by atoms with E-state index in [-0.39, 0.29) is 37.8 Å². The highest BCUT2D eigenvalue weighted by Crippen LogP contribution is 2.17. The summed E-state index contributed by atoms with van der Waals surface area (Å²) in [6, 6.07) is 5.90. The number of nitrogens with zero attached hydrogens (tertiary/aromatic N) is 1. The number of aromatic nitrogens is 1. The van der Waals surface area contributed by atoms with Crippen molar-refractivity contribution >= 4 is 70.3 Å². The number of carboxylic acids is 5. The number of aliphatic carboxylic acids is 5. The van der Waals surface area contributed by atoms with Crippen LogP contribution in [0.3, 0.4) is 0 Å². The second-order valence-electron chi connectivity index (χ2n) is 14.4. The molecule has 0 aliphatic carbocycles. The van der Waals surface area contributed by atoms with Crippen LogP contribution in [0.1, 0.15) is 73.7 Å². The molecule has 0 aliphatic rings. The van der Waals surface area contributed by atoms with Crippen LogP contribution >= 0.6 is 0 Å². The number of carbonyl (C=O) groups is 10. The quantitative estimate of drug-likeness (QED) is 0.0372. The van der Waals surface area contributed by atoms with E-state index in [1.165, 1.54) is 0 Å². The van der Waals surface area contributed by atoms with Crippen LogP contribution in [0.5, 0.6) is 0 Å². The van der Waals surface area contributed by atoms with E-state index in [9.17, 15) is 67.7 Å². The van der Waals surface area contributed by atoms with Gasteiger partial charge in [0.2, 0.25) is 23.7 Å². The average molecular weight is 897 g/mol. The van der Waals surface area contributed by atoms with Gasteiger partial charge in [0.25, 0.3) is 5.91 Å². The Morgan fingerprint density at radius 2 is 1.14 bits per heavy atom. The maximum Gasteiger partial charge on any atom is 0.326 e. The molecule has 3 aromatic rings. The Hall–Kier alpha value is -7.72. The van der Waals surface area contributed by atoms with Crippen LogP contribution in [0.4, 0.5) is 9.18 Å². The Kier molecular flexibility index (Phi) is 20.0. The van der Waals surface area contributed by atoms with Crippen LogP contribution in [0.15, 0.2) is 60.8 Å². The molecular weight excluding hydrogens is 848 g/mol. The maximum absolute atomic E-state index is 13.6. The minimum absolute atomic E-state index is 0.0272. The van der Waals surface area contributed by atoms with Crippen LogP contribution in [0.2, 0.25) is 0 Å². The molecule has 0 saturated carbocycles. The van der Waals surface area contributed by atoms with E-state index in [1.807, 2.05) is 41.7 Å². The van der Waals surface area contributed by atoms with Gasteiger partial charge in [-0.05, 0) is 60.9 Å². The van der Waals surface area contributed by atoms with Gasteiger partial charge < -0.3 is 57.4 Å². The van der Waals surface area contributed by atoms with Crippen molar-refractivity contribution in [3.05, 3.63) is 77.9 Å². The van der Waals surface area contributed by atoms with E-state index in [0.717, 1.165) is 29.1 Å². The third-order valence-electron chi connectivity index (χ3n) is 9.51. The summed E-state index contributed by atoms with van der Waals surface area (Å²) in [5.74, 6) is -11.7. The van der Waals surface area contributed by atoms with Gasteiger partial charge in [0.1, 0.15) is 30.2 Å². The van der Waals surface area contributed by atoms with Crippen molar-refractivity contribution in [2.45, 2.75) is 94.4 Å². The second-order valence-corrected chi connectivity index (χ2v) is 14.4. The molecule has 0 radical (unpaired) electrons. The van der Waals surface area contributed by atoms with Crippen molar-refractivity contribution in [2.24, 2.45) is 0 Å². The zero-order valence-corrected chi connectivity index (χ0v) is 34.1. The van der Waals surface area contributed by atoms with Gasteiger partial charge in [-0.2, -0.15) is 4.39 Å². The fourth-order valence-electron chi connectivity index (χ4n) is 6.15. The molecule has 22 nitrogen and oxygen atoms in total. The summed E-state index contributed by atoms with van der Waals surface area (Å²) in [7, 11) is 0. The van der Waals surface area contributed by atoms with Gasteiger partial charge in [0.05, 0.1) is 0 Å². The number of rotatable bonds is 27. The van der Waals surface area contributed by atoms with Crippen molar-refractivity contribution in [3.8, 4) is 0 Å². The van der Waals surface area contributed by atoms with Crippen LogP contribution in [-0.4, -0.2) is 127 Å². The van der Waals surface area contributed by atoms with Gasteiger partial charge in [-0.1, -0.05) is 42.5 Å². The fraction of sp³-hybridized carbons (Fsp3) is 0.390. The number of pyridine rings is 1. The Bertz CT molecular complexity index is 2210. The largest absolute Gasteiger partial charge is 0.481 e. The average Bonchev–Trinajstić information content (AvgIpc) is 3.23. The van der Waals surface area contributed by atoms with Crippen molar-refractivity contribution in [1.82, 2.24) is 36.9 Å². The lowest BCUT2D eigenvalue weighted by molar-refractivity contribution is -0.143.